The molecule has 5 nitrogen and oxygen atoms in total. The Labute approximate surface area is 155 Å². The Bertz CT molecular complexity index is 941. The van der Waals surface area contributed by atoms with Crippen molar-refractivity contribution in [2.75, 3.05) is 12.4 Å². The Morgan fingerprint density at radius 3 is 2.74 bits per heavy atom. The van der Waals surface area contributed by atoms with Crippen LogP contribution in [0.5, 0.6) is 5.75 Å². The summed E-state index contributed by atoms with van der Waals surface area (Å²) in [6, 6.07) is 8.44. The van der Waals surface area contributed by atoms with E-state index in [1.165, 1.54) is 43.6 Å². The molecule has 0 unspecified atom stereocenters. The lowest BCUT2D eigenvalue weighted by atomic mass is 9.86. The van der Waals surface area contributed by atoms with E-state index in [9.17, 15) is 18.4 Å². The first-order valence-electron chi connectivity index (χ1n) is 8.29. The predicted octanol–water partition coefficient (Wildman–Crippen LogP) is 3.41. The highest BCUT2D eigenvalue weighted by molar-refractivity contribution is 6.06. The zero-order valence-corrected chi connectivity index (χ0v) is 14.8. The number of hydrogen-bond acceptors (Lipinski definition) is 3. The van der Waals surface area contributed by atoms with Crippen molar-refractivity contribution in [1.29, 1.82) is 0 Å². The zero-order valence-electron chi connectivity index (χ0n) is 14.8. The minimum atomic E-state index is -0.586. The zero-order chi connectivity index (χ0) is 19.6. The number of aryl methyl sites for hydroxylation is 1. The normalized spacial score (nSPS) is 16.4. The summed E-state index contributed by atoms with van der Waals surface area (Å²) >= 11 is 0. The Kier molecular flexibility index (Phi) is 5.21. The molecule has 1 aliphatic rings. The van der Waals surface area contributed by atoms with Gasteiger partial charge in [-0.15, -0.1) is 0 Å². The van der Waals surface area contributed by atoms with Crippen LogP contribution in [0.3, 0.4) is 0 Å². The van der Waals surface area contributed by atoms with E-state index < -0.39 is 23.5 Å². The van der Waals surface area contributed by atoms with Crippen molar-refractivity contribution in [2.24, 2.45) is 0 Å². The maximum atomic E-state index is 13.8. The van der Waals surface area contributed by atoms with Crippen LogP contribution in [-0.2, 0) is 9.59 Å². The number of rotatable bonds is 4. The Balaban J connectivity index is 1.91. The van der Waals surface area contributed by atoms with Crippen molar-refractivity contribution in [3.63, 3.8) is 0 Å². The van der Waals surface area contributed by atoms with Gasteiger partial charge in [0.05, 0.1) is 7.11 Å². The van der Waals surface area contributed by atoms with Gasteiger partial charge in [-0.2, -0.15) is 0 Å². The average molecular weight is 372 g/mol. The van der Waals surface area contributed by atoms with Gasteiger partial charge in [0.25, 0.3) is 5.91 Å². The Morgan fingerprint density at radius 2 is 2.04 bits per heavy atom. The molecular formula is C20H18F2N2O3. The number of benzene rings is 2. The Hall–Kier alpha value is -3.22. The van der Waals surface area contributed by atoms with Crippen molar-refractivity contribution in [1.82, 2.24) is 5.32 Å². The summed E-state index contributed by atoms with van der Waals surface area (Å²) in [6.45, 7) is 1.65. The lowest BCUT2D eigenvalue weighted by Gasteiger charge is -2.24. The number of amides is 2. The van der Waals surface area contributed by atoms with Crippen molar-refractivity contribution >= 4 is 17.5 Å². The van der Waals surface area contributed by atoms with Gasteiger partial charge in [0.15, 0.2) is 11.6 Å². The monoisotopic (exact) mass is 372 g/mol. The molecule has 0 spiro atoms. The fourth-order valence-corrected chi connectivity index (χ4v) is 3.00. The van der Waals surface area contributed by atoms with Gasteiger partial charge in [0.1, 0.15) is 5.82 Å². The number of nitrogens with one attached hydrogen (secondary N) is 2. The van der Waals surface area contributed by atoms with Crippen LogP contribution >= 0.6 is 0 Å². The standard InChI is InChI=1S/C20H18F2N2O3/c1-11-6-16(22)18(27-2)9-17(11)24-20(26)15-10-23-19(25)8-14(15)12-4-3-5-13(21)7-12/h3-7,9-10,14H,8H2,1-2H3,(H,23,25)(H,24,26)/t14-/m0/s1. The van der Waals surface area contributed by atoms with Crippen LogP contribution in [0.15, 0.2) is 48.2 Å². The number of anilines is 1. The van der Waals surface area contributed by atoms with Gasteiger partial charge in [-0.1, -0.05) is 12.1 Å². The first kappa shape index (κ1) is 18.6. The second-order valence-electron chi connectivity index (χ2n) is 6.23. The van der Waals surface area contributed by atoms with Gasteiger partial charge in [-0.05, 0) is 36.2 Å². The fraction of sp³-hybridized carbons (Fsp3) is 0.200. The van der Waals surface area contributed by atoms with E-state index in [2.05, 4.69) is 10.6 Å². The third-order valence-electron chi connectivity index (χ3n) is 4.41. The van der Waals surface area contributed by atoms with Crippen molar-refractivity contribution in [3.05, 3.63) is 70.9 Å². The third-order valence-corrected chi connectivity index (χ3v) is 4.41. The van der Waals surface area contributed by atoms with E-state index in [1.807, 2.05) is 0 Å². The maximum Gasteiger partial charge on any atom is 0.253 e. The molecule has 0 saturated heterocycles. The molecular weight excluding hydrogens is 354 g/mol. The number of carbonyl (C=O) groups is 2. The highest BCUT2D eigenvalue weighted by Gasteiger charge is 2.29. The lowest BCUT2D eigenvalue weighted by Crippen LogP contribution is -2.32. The summed E-state index contributed by atoms with van der Waals surface area (Å²) in [6.07, 6.45) is 1.35. The molecule has 0 saturated carbocycles. The Morgan fingerprint density at radius 1 is 1.26 bits per heavy atom. The van der Waals surface area contributed by atoms with Gasteiger partial charge < -0.3 is 15.4 Å². The van der Waals surface area contributed by atoms with E-state index >= 15 is 0 Å². The van der Waals surface area contributed by atoms with E-state index in [1.54, 1.807) is 13.0 Å². The number of ether oxygens (including phenoxy) is 1. The van der Waals surface area contributed by atoms with Gasteiger partial charge in [-0.25, -0.2) is 8.78 Å². The quantitative estimate of drug-likeness (QED) is 0.864. The SMILES string of the molecule is COc1cc(NC(=O)C2=CNC(=O)C[C@H]2c2cccc(F)c2)c(C)cc1F. The van der Waals surface area contributed by atoms with Crippen LogP contribution in [-0.4, -0.2) is 18.9 Å². The fourth-order valence-electron chi connectivity index (χ4n) is 3.00. The molecule has 0 radical (unpaired) electrons. The number of halogens is 2. The first-order valence-corrected chi connectivity index (χ1v) is 8.29. The molecule has 2 amide bonds. The number of carbonyl (C=O) groups excluding carboxylic acids is 2. The third kappa shape index (κ3) is 3.97. The molecule has 1 aliphatic heterocycles. The van der Waals surface area contributed by atoms with Crippen LogP contribution in [0.2, 0.25) is 0 Å². The smallest absolute Gasteiger partial charge is 0.253 e. The minimum absolute atomic E-state index is 0.00325. The predicted molar refractivity (Wildman–Crippen MR) is 96.3 cm³/mol. The molecule has 0 fully saturated rings. The summed E-state index contributed by atoms with van der Waals surface area (Å²) in [7, 11) is 1.33. The largest absolute Gasteiger partial charge is 0.494 e. The van der Waals surface area contributed by atoms with Crippen molar-refractivity contribution < 1.29 is 23.1 Å². The molecule has 3 rings (SSSR count). The molecule has 1 atom stereocenters. The summed E-state index contributed by atoms with van der Waals surface area (Å²) in [5.41, 5.74) is 1.71. The van der Waals surface area contributed by atoms with Crippen LogP contribution in [0.4, 0.5) is 14.5 Å². The molecule has 1 heterocycles. The second-order valence-corrected chi connectivity index (χ2v) is 6.23. The van der Waals surface area contributed by atoms with Crippen LogP contribution < -0.4 is 15.4 Å². The molecule has 2 N–H and O–H groups in total. The summed E-state index contributed by atoms with van der Waals surface area (Å²) in [5.74, 6) is -2.30. The molecule has 140 valence electrons. The van der Waals surface area contributed by atoms with E-state index in [0.717, 1.165) is 0 Å². The lowest BCUT2D eigenvalue weighted by molar-refractivity contribution is -0.121. The van der Waals surface area contributed by atoms with E-state index in [4.69, 9.17) is 4.74 Å². The summed E-state index contributed by atoms with van der Waals surface area (Å²) in [4.78, 5) is 24.6. The summed E-state index contributed by atoms with van der Waals surface area (Å²) < 4.78 is 32.3. The summed E-state index contributed by atoms with van der Waals surface area (Å²) in [5, 5.41) is 5.23. The molecule has 0 aliphatic carbocycles. The highest BCUT2D eigenvalue weighted by atomic mass is 19.1. The number of methoxy groups -OCH3 is 1. The minimum Gasteiger partial charge on any atom is -0.494 e. The van der Waals surface area contributed by atoms with Gasteiger partial charge >= 0.3 is 0 Å². The van der Waals surface area contributed by atoms with Crippen LogP contribution in [0.25, 0.3) is 0 Å². The maximum absolute atomic E-state index is 13.8. The first-order chi connectivity index (χ1) is 12.9. The van der Waals surface area contributed by atoms with Crippen molar-refractivity contribution in [3.8, 4) is 5.75 Å². The highest BCUT2D eigenvalue weighted by Crippen LogP contribution is 2.32. The molecule has 27 heavy (non-hydrogen) atoms. The van der Waals surface area contributed by atoms with Crippen LogP contribution in [0.1, 0.15) is 23.5 Å². The number of hydrogen-bond donors (Lipinski definition) is 2. The van der Waals surface area contributed by atoms with Crippen LogP contribution in [0, 0.1) is 18.6 Å². The molecule has 2 aromatic carbocycles. The molecule has 2 aromatic rings. The van der Waals surface area contributed by atoms with Gasteiger partial charge in [0.2, 0.25) is 5.91 Å². The van der Waals surface area contributed by atoms with E-state index in [0.29, 0.717) is 16.8 Å². The molecule has 7 heteroatoms. The molecule has 0 aromatic heterocycles. The van der Waals surface area contributed by atoms with Crippen molar-refractivity contribution in [2.45, 2.75) is 19.3 Å². The molecule has 0 bridgehead atoms. The van der Waals surface area contributed by atoms with Gasteiger partial charge in [0, 0.05) is 35.9 Å². The van der Waals surface area contributed by atoms with Gasteiger partial charge in [-0.3, -0.25) is 9.59 Å². The topological polar surface area (TPSA) is 67.4 Å². The van der Waals surface area contributed by atoms with E-state index in [-0.39, 0.29) is 23.7 Å². The average Bonchev–Trinajstić information content (AvgIpc) is 2.63. The second kappa shape index (κ2) is 7.57.